The number of carbonyl (C=O) groups is 1. The third-order valence-electron chi connectivity index (χ3n) is 4.26. The molecule has 1 amide bonds. The summed E-state index contributed by atoms with van der Waals surface area (Å²) in [6, 6.07) is 20.6. The predicted molar refractivity (Wildman–Crippen MR) is 107 cm³/mol. The Kier molecular flexibility index (Phi) is 4.52. The largest absolute Gasteiger partial charge is 0.321 e. The molecule has 0 atom stereocenters. The van der Waals surface area contributed by atoms with Crippen molar-refractivity contribution in [2.75, 3.05) is 5.32 Å². The van der Waals surface area contributed by atoms with Crippen molar-refractivity contribution in [1.29, 1.82) is 0 Å². The van der Waals surface area contributed by atoms with E-state index in [9.17, 15) is 4.79 Å². The number of hydrogen-bond donors (Lipinski definition) is 1. The van der Waals surface area contributed by atoms with Gasteiger partial charge < -0.3 is 9.88 Å². The molecule has 0 saturated heterocycles. The molecule has 134 valence electrons. The van der Waals surface area contributed by atoms with Gasteiger partial charge in [-0.1, -0.05) is 29.8 Å². The van der Waals surface area contributed by atoms with Gasteiger partial charge in [0.25, 0.3) is 5.91 Å². The second-order valence-electron chi connectivity index (χ2n) is 6.10. The fraction of sp³-hybridized carbons (Fsp3) is 0.0476. The van der Waals surface area contributed by atoms with Crippen LogP contribution >= 0.6 is 11.6 Å². The number of halogens is 1. The van der Waals surface area contributed by atoms with Crippen LogP contribution in [0.3, 0.4) is 0 Å². The van der Waals surface area contributed by atoms with E-state index in [2.05, 4.69) is 10.4 Å². The SMILES string of the molecule is Cc1c(C(=O)Nc2ccccc2)nn(-c2ccc(Cl)cc2)c1-n1cccc1. The summed E-state index contributed by atoms with van der Waals surface area (Å²) in [5, 5.41) is 8.15. The highest BCUT2D eigenvalue weighted by molar-refractivity contribution is 6.30. The lowest BCUT2D eigenvalue weighted by molar-refractivity contribution is 0.102. The predicted octanol–water partition coefficient (Wildman–Crippen LogP) is 4.88. The first kappa shape index (κ1) is 17.1. The van der Waals surface area contributed by atoms with Crippen molar-refractivity contribution in [3.05, 3.63) is 95.4 Å². The molecule has 2 heterocycles. The minimum absolute atomic E-state index is 0.250. The zero-order valence-corrected chi connectivity index (χ0v) is 15.4. The Hall–Kier alpha value is -3.31. The van der Waals surface area contributed by atoms with Crippen molar-refractivity contribution in [2.45, 2.75) is 6.92 Å². The molecule has 0 aliphatic rings. The van der Waals surface area contributed by atoms with E-state index >= 15 is 0 Å². The standard InChI is InChI=1S/C21H17ClN4O/c1-15-19(20(27)23-17-7-3-2-4-8-17)24-26(18-11-9-16(22)10-12-18)21(15)25-13-5-6-14-25/h2-14H,1H3,(H,23,27). The summed E-state index contributed by atoms with van der Waals surface area (Å²) >= 11 is 6.02. The first-order valence-electron chi connectivity index (χ1n) is 8.49. The number of hydrogen-bond acceptors (Lipinski definition) is 2. The number of benzene rings is 2. The van der Waals surface area contributed by atoms with Crippen LogP contribution in [0.5, 0.6) is 0 Å². The Morgan fingerprint density at radius 2 is 1.63 bits per heavy atom. The highest BCUT2D eigenvalue weighted by Crippen LogP contribution is 2.24. The van der Waals surface area contributed by atoms with E-state index in [1.165, 1.54) is 0 Å². The van der Waals surface area contributed by atoms with Crippen LogP contribution in [0, 0.1) is 6.92 Å². The van der Waals surface area contributed by atoms with Crippen molar-refractivity contribution >= 4 is 23.2 Å². The summed E-state index contributed by atoms with van der Waals surface area (Å²) in [7, 11) is 0. The first-order chi connectivity index (χ1) is 13.1. The second-order valence-corrected chi connectivity index (χ2v) is 6.53. The molecule has 0 spiro atoms. The van der Waals surface area contributed by atoms with Crippen LogP contribution in [0.2, 0.25) is 5.02 Å². The molecule has 0 fully saturated rings. The smallest absolute Gasteiger partial charge is 0.276 e. The molecule has 4 aromatic rings. The molecule has 0 aliphatic carbocycles. The molecule has 6 heteroatoms. The first-order valence-corrected chi connectivity index (χ1v) is 8.86. The van der Waals surface area contributed by atoms with E-state index in [1.807, 2.05) is 78.5 Å². The number of carbonyl (C=O) groups excluding carboxylic acids is 1. The van der Waals surface area contributed by atoms with E-state index in [4.69, 9.17) is 11.6 Å². The molecule has 0 bridgehead atoms. The van der Waals surface area contributed by atoms with Crippen LogP contribution in [-0.4, -0.2) is 20.3 Å². The van der Waals surface area contributed by atoms with Gasteiger partial charge in [0.15, 0.2) is 5.69 Å². The summed E-state index contributed by atoms with van der Waals surface area (Å²) < 4.78 is 3.70. The minimum Gasteiger partial charge on any atom is -0.321 e. The quantitative estimate of drug-likeness (QED) is 0.552. The number of anilines is 1. The molecule has 2 aromatic carbocycles. The molecular weight excluding hydrogens is 360 g/mol. The number of nitrogens with one attached hydrogen (secondary N) is 1. The van der Waals surface area contributed by atoms with Gasteiger partial charge >= 0.3 is 0 Å². The minimum atomic E-state index is -0.250. The summed E-state index contributed by atoms with van der Waals surface area (Å²) in [5.41, 5.74) is 2.71. The van der Waals surface area contributed by atoms with Gasteiger partial charge in [0, 0.05) is 28.7 Å². The summed E-state index contributed by atoms with van der Waals surface area (Å²) in [6.45, 7) is 1.90. The zero-order valence-electron chi connectivity index (χ0n) is 14.6. The number of rotatable bonds is 4. The molecule has 4 rings (SSSR count). The van der Waals surface area contributed by atoms with Gasteiger partial charge in [-0.05, 0) is 55.5 Å². The highest BCUT2D eigenvalue weighted by atomic mass is 35.5. The molecule has 0 radical (unpaired) electrons. The van der Waals surface area contributed by atoms with Crippen LogP contribution in [0.1, 0.15) is 16.1 Å². The van der Waals surface area contributed by atoms with Crippen LogP contribution in [0.25, 0.3) is 11.5 Å². The summed E-state index contributed by atoms with van der Waals surface area (Å²) in [5.74, 6) is 0.556. The van der Waals surface area contributed by atoms with E-state index in [-0.39, 0.29) is 5.91 Å². The summed E-state index contributed by atoms with van der Waals surface area (Å²) in [4.78, 5) is 12.8. The third-order valence-corrected chi connectivity index (χ3v) is 4.51. The Bertz CT molecular complexity index is 1070. The second kappa shape index (κ2) is 7.13. The monoisotopic (exact) mass is 376 g/mol. The molecular formula is C21H17ClN4O. The van der Waals surface area contributed by atoms with Crippen molar-refractivity contribution in [1.82, 2.24) is 14.3 Å². The molecule has 2 aromatic heterocycles. The van der Waals surface area contributed by atoms with Crippen LogP contribution in [0.15, 0.2) is 79.1 Å². The maximum Gasteiger partial charge on any atom is 0.276 e. The Labute approximate surface area is 161 Å². The van der Waals surface area contributed by atoms with Crippen molar-refractivity contribution in [3.8, 4) is 11.5 Å². The lowest BCUT2D eigenvalue weighted by atomic mass is 10.2. The van der Waals surface area contributed by atoms with Crippen molar-refractivity contribution in [3.63, 3.8) is 0 Å². The normalized spacial score (nSPS) is 10.7. The van der Waals surface area contributed by atoms with Gasteiger partial charge in [0.2, 0.25) is 0 Å². The fourth-order valence-electron chi connectivity index (χ4n) is 2.96. The maximum absolute atomic E-state index is 12.8. The van der Waals surface area contributed by atoms with Gasteiger partial charge in [0.05, 0.1) is 5.69 Å². The molecule has 0 unspecified atom stereocenters. The van der Waals surface area contributed by atoms with E-state index < -0.39 is 0 Å². The molecule has 0 saturated carbocycles. The van der Waals surface area contributed by atoms with Crippen molar-refractivity contribution in [2.24, 2.45) is 0 Å². The van der Waals surface area contributed by atoms with Gasteiger partial charge in [0.1, 0.15) is 5.82 Å². The Morgan fingerprint density at radius 1 is 0.963 bits per heavy atom. The van der Waals surface area contributed by atoms with Crippen LogP contribution in [0.4, 0.5) is 5.69 Å². The van der Waals surface area contributed by atoms with Gasteiger partial charge in [-0.15, -0.1) is 0 Å². The Balaban J connectivity index is 1.80. The lowest BCUT2D eigenvalue weighted by Crippen LogP contribution is -2.14. The zero-order chi connectivity index (χ0) is 18.8. The fourth-order valence-corrected chi connectivity index (χ4v) is 3.08. The number of nitrogens with zero attached hydrogens (tertiary/aromatic N) is 3. The van der Waals surface area contributed by atoms with E-state index in [1.54, 1.807) is 16.8 Å². The Morgan fingerprint density at radius 3 is 2.30 bits per heavy atom. The number of aromatic nitrogens is 3. The molecule has 0 aliphatic heterocycles. The van der Waals surface area contributed by atoms with Crippen LogP contribution in [-0.2, 0) is 0 Å². The lowest BCUT2D eigenvalue weighted by Gasteiger charge is -2.09. The van der Waals surface area contributed by atoms with Gasteiger partial charge in [-0.25, -0.2) is 4.68 Å². The molecule has 5 nitrogen and oxygen atoms in total. The van der Waals surface area contributed by atoms with E-state index in [0.717, 1.165) is 22.8 Å². The maximum atomic E-state index is 12.8. The van der Waals surface area contributed by atoms with Gasteiger partial charge in [-0.2, -0.15) is 5.10 Å². The van der Waals surface area contributed by atoms with Gasteiger partial charge in [-0.3, -0.25) is 4.79 Å². The average Bonchev–Trinajstić information content (AvgIpc) is 3.31. The van der Waals surface area contributed by atoms with Crippen LogP contribution < -0.4 is 5.32 Å². The molecule has 1 N–H and O–H groups in total. The summed E-state index contributed by atoms with van der Waals surface area (Å²) in [6.07, 6.45) is 3.85. The highest BCUT2D eigenvalue weighted by Gasteiger charge is 2.22. The number of para-hydroxylation sites is 1. The van der Waals surface area contributed by atoms with E-state index in [0.29, 0.717) is 10.7 Å². The third kappa shape index (κ3) is 3.37. The topological polar surface area (TPSA) is 51.9 Å². The number of amides is 1. The average molecular weight is 377 g/mol. The molecule has 27 heavy (non-hydrogen) atoms. The van der Waals surface area contributed by atoms with Crippen molar-refractivity contribution < 1.29 is 4.79 Å².